The third kappa shape index (κ3) is 3.10. The lowest BCUT2D eigenvalue weighted by Crippen LogP contribution is -2.44. The molecule has 1 aromatic rings. The fourth-order valence-electron chi connectivity index (χ4n) is 2.66. The molecule has 1 fully saturated rings. The maximum Gasteiger partial charge on any atom is 0.311 e. The van der Waals surface area contributed by atoms with E-state index in [0.717, 1.165) is 19.3 Å². The van der Waals surface area contributed by atoms with Gasteiger partial charge in [-0.05, 0) is 37.1 Å². The van der Waals surface area contributed by atoms with Crippen LogP contribution < -0.4 is 5.32 Å². The monoisotopic (exact) mass is 277 g/mol. The summed E-state index contributed by atoms with van der Waals surface area (Å²) < 4.78 is 0. The summed E-state index contributed by atoms with van der Waals surface area (Å²) in [6, 6.07) is 5.89. The summed E-state index contributed by atoms with van der Waals surface area (Å²) in [6.07, 6.45) is 4.06. The minimum absolute atomic E-state index is 0.0934. The van der Waals surface area contributed by atoms with Gasteiger partial charge in [0.2, 0.25) is 0 Å². The van der Waals surface area contributed by atoms with E-state index >= 15 is 0 Å². The van der Waals surface area contributed by atoms with Crippen molar-refractivity contribution < 1.29 is 19.8 Å². The Balaban J connectivity index is 2.00. The number of aliphatic carboxylic acids is 1. The first kappa shape index (κ1) is 14.4. The van der Waals surface area contributed by atoms with Gasteiger partial charge in [-0.15, -0.1) is 0 Å². The summed E-state index contributed by atoms with van der Waals surface area (Å²) >= 11 is 0. The van der Waals surface area contributed by atoms with Crippen molar-refractivity contribution in [1.29, 1.82) is 0 Å². The van der Waals surface area contributed by atoms with Crippen LogP contribution in [0.25, 0.3) is 0 Å². The molecule has 5 heteroatoms. The maximum atomic E-state index is 12.0. The first-order valence-electron chi connectivity index (χ1n) is 6.84. The molecule has 0 aliphatic heterocycles. The number of rotatable bonds is 4. The van der Waals surface area contributed by atoms with Gasteiger partial charge >= 0.3 is 5.97 Å². The zero-order chi connectivity index (χ0) is 14.6. The SMILES string of the molecule is O=C(NCC1(C(=O)O)CCCCC1)c1ccc(O)cc1. The van der Waals surface area contributed by atoms with Crippen LogP contribution in [0.3, 0.4) is 0 Å². The summed E-state index contributed by atoms with van der Waals surface area (Å²) in [5.74, 6) is -1.05. The van der Waals surface area contributed by atoms with Gasteiger partial charge in [-0.3, -0.25) is 9.59 Å². The van der Waals surface area contributed by atoms with E-state index in [-0.39, 0.29) is 18.2 Å². The van der Waals surface area contributed by atoms with Crippen LogP contribution in [0.4, 0.5) is 0 Å². The van der Waals surface area contributed by atoms with Gasteiger partial charge in [-0.2, -0.15) is 0 Å². The van der Waals surface area contributed by atoms with Crippen molar-refractivity contribution in [3.05, 3.63) is 29.8 Å². The maximum absolute atomic E-state index is 12.0. The number of carbonyl (C=O) groups excluding carboxylic acids is 1. The van der Waals surface area contributed by atoms with E-state index in [1.54, 1.807) is 0 Å². The molecule has 108 valence electrons. The Hall–Kier alpha value is -2.04. The number of amides is 1. The number of benzene rings is 1. The molecule has 0 bridgehead atoms. The Labute approximate surface area is 117 Å². The lowest BCUT2D eigenvalue weighted by molar-refractivity contribution is -0.150. The molecule has 1 saturated carbocycles. The number of hydrogen-bond acceptors (Lipinski definition) is 3. The molecule has 2 rings (SSSR count). The number of nitrogens with one attached hydrogen (secondary N) is 1. The number of carboxylic acids is 1. The van der Waals surface area contributed by atoms with E-state index in [2.05, 4.69) is 5.32 Å². The fourth-order valence-corrected chi connectivity index (χ4v) is 2.66. The minimum Gasteiger partial charge on any atom is -0.508 e. The second-order valence-electron chi connectivity index (χ2n) is 5.38. The molecule has 1 aliphatic carbocycles. The first-order chi connectivity index (χ1) is 9.53. The fraction of sp³-hybridized carbons (Fsp3) is 0.467. The van der Waals surface area contributed by atoms with E-state index in [4.69, 9.17) is 0 Å². The highest BCUT2D eigenvalue weighted by Crippen LogP contribution is 2.36. The van der Waals surface area contributed by atoms with Gasteiger partial charge in [0.05, 0.1) is 5.41 Å². The molecule has 0 aromatic heterocycles. The third-order valence-electron chi connectivity index (χ3n) is 3.98. The Kier molecular flexibility index (Phi) is 4.27. The van der Waals surface area contributed by atoms with E-state index in [0.29, 0.717) is 18.4 Å². The van der Waals surface area contributed by atoms with Crippen LogP contribution >= 0.6 is 0 Å². The molecule has 0 radical (unpaired) electrons. The number of aromatic hydroxyl groups is 1. The Morgan fingerprint density at radius 2 is 1.70 bits per heavy atom. The summed E-state index contributed by atoms with van der Waals surface area (Å²) in [5.41, 5.74) is -0.413. The Morgan fingerprint density at radius 3 is 2.25 bits per heavy atom. The number of carbonyl (C=O) groups is 2. The molecule has 20 heavy (non-hydrogen) atoms. The predicted molar refractivity (Wildman–Crippen MR) is 73.6 cm³/mol. The molecule has 0 atom stereocenters. The van der Waals surface area contributed by atoms with Gasteiger partial charge in [-0.1, -0.05) is 19.3 Å². The molecular weight excluding hydrogens is 258 g/mol. The highest BCUT2D eigenvalue weighted by molar-refractivity contribution is 5.94. The quantitative estimate of drug-likeness (QED) is 0.787. The molecule has 0 spiro atoms. The average Bonchev–Trinajstić information content (AvgIpc) is 2.46. The van der Waals surface area contributed by atoms with Crippen LogP contribution in [0, 0.1) is 5.41 Å². The largest absolute Gasteiger partial charge is 0.508 e. The van der Waals surface area contributed by atoms with E-state index < -0.39 is 11.4 Å². The highest BCUT2D eigenvalue weighted by Gasteiger charge is 2.39. The van der Waals surface area contributed by atoms with Gasteiger partial charge < -0.3 is 15.5 Å². The molecule has 0 unspecified atom stereocenters. The van der Waals surface area contributed by atoms with Crippen molar-refractivity contribution in [3.8, 4) is 5.75 Å². The number of hydrogen-bond donors (Lipinski definition) is 3. The second-order valence-corrected chi connectivity index (χ2v) is 5.38. The Bertz CT molecular complexity index is 489. The van der Waals surface area contributed by atoms with Crippen LogP contribution in [0.1, 0.15) is 42.5 Å². The lowest BCUT2D eigenvalue weighted by Gasteiger charge is -2.33. The van der Waals surface area contributed by atoms with Crippen molar-refractivity contribution in [2.45, 2.75) is 32.1 Å². The summed E-state index contributed by atoms with van der Waals surface area (Å²) in [6.45, 7) is 0.155. The van der Waals surface area contributed by atoms with Gasteiger partial charge in [0.1, 0.15) is 5.75 Å². The van der Waals surface area contributed by atoms with Gasteiger partial charge in [0, 0.05) is 12.1 Å². The lowest BCUT2D eigenvalue weighted by atomic mass is 9.74. The van der Waals surface area contributed by atoms with Crippen LogP contribution in [0.5, 0.6) is 5.75 Å². The molecule has 1 aromatic carbocycles. The number of phenols is 1. The van der Waals surface area contributed by atoms with Crippen molar-refractivity contribution >= 4 is 11.9 Å². The average molecular weight is 277 g/mol. The first-order valence-corrected chi connectivity index (χ1v) is 6.84. The number of phenolic OH excluding ortho intramolecular Hbond substituents is 1. The van der Waals surface area contributed by atoms with E-state index in [1.165, 1.54) is 24.3 Å². The van der Waals surface area contributed by atoms with Crippen LogP contribution in [-0.4, -0.2) is 28.6 Å². The van der Waals surface area contributed by atoms with Crippen molar-refractivity contribution in [3.63, 3.8) is 0 Å². The van der Waals surface area contributed by atoms with E-state index in [1.807, 2.05) is 0 Å². The normalized spacial score (nSPS) is 17.4. The van der Waals surface area contributed by atoms with Gasteiger partial charge in [0.15, 0.2) is 0 Å². The van der Waals surface area contributed by atoms with Gasteiger partial charge in [0.25, 0.3) is 5.91 Å². The molecule has 3 N–H and O–H groups in total. The minimum atomic E-state index is -0.830. The van der Waals surface area contributed by atoms with Crippen LogP contribution in [-0.2, 0) is 4.79 Å². The standard InChI is InChI=1S/C15H19NO4/c17-12-6-4-11(5-7-12)13(18)16-10-15(14(19)20)8-2-1-3-9-15/h4-7,17H,1-3,8-10H2,(H,16,18)(H,19,20). The molecule has 5 nitrogen and oxygen atoms in total. The molecule has 0 heterocycles. The summed E-state index contributed by atoms with van der Waals surface area (Å²) in [4.78, 5) is 23.5. The van der Waals surface area contributed by atoms with Crippen LogP contribution in [0.15, 0.2) is 24.3 Å². The molecule has 1 aliphatic rings. The van der Waals surface area contributed by atoms with Crippen molar-refractivity contribution in [1.82, 2.24) is 5.32 Å². The Morgan fingerprint density at radius 1 is 1.10 bits per heavy atom. The summed E-state index contributed by atoms with van der Waals surface area (Å²) in [7, 11) is 0. The van der Waals surface area contributed by atoms with E-state index in [9.17, 15) is 19.8 Å². The highest BCUT2D eigenvalue weighted by atomic mass is 16.4. The second kappa shape index (κ2) is 5.94. The molecular formula is C15H19NO4. The van der Waals surface area contributed by atoms with Crippen molar-refractivity contribution in [2.24, 2.45) is 5.41 Å². The zero-order valence-electron chi connectivity index (χ0n) is 11.3. The van der Waals surface area contributed by atoms with Crippen LogP contribution in [0.2, 0.25) is 0 Å². The molecule has 0 saturated heterocycles. The third-order valence-corrected chi connectivity index (χ3v) is 3.98. The predicted octanol–water partition coefficient (Wildman–Crippen LogP) is 2.16. The topological polar surface area (TPSA) is 86.6 Å². The molecule has 1 amide bonds. The van der Waals surface area contributed by atoms with Crippen molar-refractivity contribution in [2.75, 3.05) is 6.54 Å². The zero-order valence-corrected chi connectivity index (χ0v) is 11.3. The summed E-state index contributed by atoms with van der Waals surface area (Å²) in [5, 5.41) is 21.3. The smallest absolute Gasteiger partial charge is 0.311 e. The number of carboxylic acid groups (broad SMARTS) is 1. The van der Waals surface area contributed by atoms with Gasteiger partial charge in [-0.25, -0.2) is 0 Å².